The van der Waals surface area contributed by atoms with Gasteiger partial charge in [-0.25, -0.2) is 12.8 Å². The summed E-state index contributed by atoms with van der Waals surface area (Å²) < 4.78 is 47.9. The zero-order chi connectivity index (χ0) is 28.2. The smallest absolute Gasteiger partial charge is 0.261 e. The van der Waals surface area contributed by atoms with Crippen LogP contribution < -0.4 is 9.46 Å². The molecule has 0 saturated heterocycles. The van der Waals surface area contributed by atoms with Crippen molar-refractivity contribution in [2.75, 3.05) is 31.5 Å². The molecule has 3 atom stereocenters. The first kappa shape index (κ1) is 28.5. The molecular formula is C28H33FN4O5S. The molecule has 0 fully saturated rings. The van der Waals surface area contributed by atoms with Gasteiger partial charge in [0.05, 0.1) is 23.1 Å². The largest absolute Gasteiger partial charge is 0.488 e. The molecule has 1 aromatic heterocycles. The Morgan fingerprint density at radius 1 is 1.18 bits per heavy atom. The SMILES string of the molecule is C[C@@H]1CN([C@H](C)CO)C(=O)c2cc(NS(=O)(=O)c3ccc(F)cc3)ccc2O[C@@H]1CN(C)Cc1ccncc1. The van der Waals surface area contributed by atoms with Gasteiger partial charge in [-0.05, 0) is 74.1 Å². The molecule has 0 saturated carbocycles. The average Bonchev–Trinajstić information content (AvgIpc) is 2.91. The number of aliphatic hydroxyl groups is 1. The number of sulfonamides is 1. The number of hydrogen-bond acceptors (Lipinski definition) is 7. The summed E-state index contributed by atoms with van der Waals surface area (Å²) in [6, 6.07) is 12.4. The van der Waals surface area contributed by atoms with Crippen molar-refractivity contribution >= 4 is 21.6 Å². The number of fused-ring (bicyclic) bond motifs is 1. The lowest BCUT2D eigenvalue weighted by atomic mass is 9.99. The molecule has 9 nitrogen and oxygen atoms in total. The van der Waals surface area contributed by atoms with E-state index in [1.807, 2.05) is 26.1 Å². The Bertz CT molecular complexity index is 1390. The Labute approximate surface area is 228 Å². The molecule has 3 aromatic rings. The molecule has 1 aliphatic rings. The highest BCUT2D eigenvalue weighted by Gasteiger charge is 2.33. The third-order valence-corrected chi connectivity index (χ3v) is 8.13. The van der Waals surface area contributed by atoms with Crippen LogP contribution in [-0.2, 0) is 16.6 Å². The van der Waals surface area contributed by atoms with E-state index in [0.29, 0.717) is 25.4 Å². The van der Waals surface area contributed by atoms with E-state index in [0.717, 1.165) is 17.7 Å². The van der Waals surface area contributed by atoms with Gasteiger partial charge in [0.25, 0.3) is 15.9 Å². The van der Waals surface area contributed by atoms with Crippen LogP contribution in [0.25, 0.3) is 0 Å². The highest BCUT2D eigenvalue weighted by molar-refractivity contribution is 7.92. The molecule has 2 N–H and O–H groups in total. The summed E-state index contributed by atoms with van der Waals surface area (Å²) in [6.07, 6.45) is 3.20. The van der Waals surface area contributed by atoms with Gasteiger partial charge < -0.3 is 14.7 Å². The van der Waals surface area contributed by atoms with E-state index in [4.69, 9.17) is 4.74 Å². The lowest BCUT2D eigenvalue weighted by Gasteiger charge is -2.38. The van der Waals surface area contributed by atoms with E-state index in [9.17, 15) is 22.7 Å². The third kappa shape index (κ3) is 6.92. The van der Waals surface area contributed by atoms with Crippen molar-refractivity contribution in [2.24, 2.45) is 5.92 Å². The van der Waals surface area contributed by atoms with E-state index in [1.54, 1.807) is 30.3 Å². The second-order valence-electron chi connectivity index (χ2n) is 9.95. The second-order valence-corrected chi connectivity index (χ2v) is 11.6. The van der Waals surface area contributed by atoms with Crippen molar-refractivity contribution < 1.29 is 27.4 Å². The number of ether oxygens (including phenoxy) is 1. The summed E-state index contributed by atoms with van der Waals surface area (Å²) in [5, 5.41) is 9.87. The van der Waals surface area contributed by atoms with Gasteiger partial charge in [0.2, 0.25) is 0 Å². The van der Waals surface area contributed by atoms with Gasteiger partial charge in [-0.15, -0.1) is 0 Å². The molecule has 0 unspecified atom stereocenters. The number of pyridine rings is 1. The van der Waals surface area contributed by atoms with Crippen LogP contribution in [0.15, 0.2) is 71.9 Å². The molecule has 1 amide bonds. The molecule has 0 bridgehead atoms. The lowest BCUT2D eigenvalue weighted by molar-refractivity contribution is 0.0341. The molecule has 0 aliphatic carbocycles. The minimum Gasteiger partial charge on any atom is -0.488 e. The van der Waals surface area contributed by atoms with Gasteiger partial charge in [0.1, 0.15) is 17.7 Å². The molecule has 4 rings (SSSR count). The Morgan fingerprint density at radius 2 is 1.87 bits per heavy atom. The molecule has 11 heteroatoms. The minimum atomic E-state index is -4.02. The van der Waals surface area contributed by atoms with Crippen LogP contribution in [0.4, 0.5) is 10.1 Å². The number of benzene rings is 2. The first-order valence-electron chi connectivity index (χ1n) is 12.7. The molecule has 39 heavy (non-hydrogen) atoms. The fourth-order valence-electron chi connectivity index (χ4n) is 4.50. The summed E-state index contributed by atoms with van der Waals surface area (Å²) in [7, 11) is -2.03. The Morgan fingerprint density at radius 3 is 2.54 bits per heavy atom. The van der Waals surface area contributed by atoms with E-state index < -0.39 is 21.9 Å². The predicted octanol–water partition coefficient (Wildman–Crippen LogP) is 3.37. The van der Waals surface area contributed by atoms with Crippen molar-refractivity contribution in [2.45, 2.75) is 37.4 Å². The molecule has 208 valence electrons. The maximum absolute atomic E-state index is 13.6. The van der Waals surface area contributed by atoms with Crippen LogP contribution in [0.3, 0.4) is 0 Å². The Balaban J connectivity index is 1.63. The van der Waals surface area contributed by atoms with Crippen LogP contribution in [0.5, 0.6) is 5.75 Å². The summed E-state index contributed by atoms with van der Waals surface area (Å²) in [4.78, 5) is 21.3. The maximum Gasteiger partial charge on any atom is 0.261 e. The quantitative estimate of drug-likeness (QED) is 0.416. The van der Waals surface area contributed by atoms with E-state index >= 15 is 0 Å². The summed E-state index contributed by atoms with van der Waals surface area (Å²) in [5.41, 5.74) is 1.45. The Kier molecular flexibility index (Phi) is 8.83. The highest BCUT2D eigenvalue weighted by atomic mass is 32.2. The highest BCUT2D eigenvalue weighted by Crippen LogP contribution is 2.31. The molecule has 2 heterocycles. The minimum absolute atomic E-state index is 0.0624. The number of aliphatic hydroxyl groups excluding tert-OH is 1. The van der Waals surface area contributed by atoms with E-state index in [-0.39, 0.29) is 40.7 Å². The van der Waals surface area contributed by atoms with E-state index in [2.05, 4.69) is 14.6 Å². The molecular weight excluding hydrogens is 523 g/mol. The number of carbonyl (C=O) groups excluding carboxylic acids is 1. The number of rotatable bonds is 9. The van der Waals surface area contributed by atoms with E-state index in [1.165, 1.54) is 24.3 Å². The number of amides is 1. The van der Waals surface area contributed by atoms with Crippen LogP contribution in [0, 0.1) is 11.7 Å². The van der Waals surface area contributed by atoms with Gasteiger partial charge in [-0.3, -0.25) is 19.4 Å². The first-order chi connectivity index (χ1) is 18.6. The first-order valence-corrected chi connectivity index (χ1v) is 14.1. The van der Waals surface area contributed by atoms with Gasteiger partial charge in [-0.1, -0.05) is 6.92 Å². The van der Waals surface area contributed by atoms with Crippen LogP contribution in [-0.4, -0.2) is 73.1 Å². The van der Waals surface area contributed by atoms with Gasteiger partial charge in [-0.2, -0.15) is 0 Å². The van der Waals surface area contributed by atoms with Gasteiger partial charge >= 0.3 is 0 Å². The predicted molar refractivity (Wildman–Crippen MR) is 145 cm³/mol. The van der Waals surface area contributed by atoms with Gasteiger partial charge in [0.15, 0.2) is 0 Å². The van der Waals surface area contributed by atoms with Crippen molar-refractivity contribution in [3.05, 3.63) is 83.9 Å². The molecule has 1 aliphatic heterocycles. The van der Waals surface area contributed by atoms with Crippen LogP contribution in [0.2, 0.25) is 0 Å². The molecule has 0 radical (unpaired) electrons. The van der Waals surface area contributed by atoms with Crippen molar-refractivity contribution in [3.63, 3.8) is 0 Å². The number of nitrogens with zero attached hydrogens (tertiary/aromatic N) is 3. The fraction of sp³-hybridized carbons (Fsp3) is 0.357. The third-order valence-electron chi connectivity index (χ3n) is 6.73. The lowest BCUT2D eigenvalue weighted by Crippen LogP contribution is -2.49. The second kappa shape index (κ2) is 12.1. The molecule has 0 spiro atoms. The van der Waals surface area contributed by atoms with Gasteiger partial charge in [0, 0.05) is 43.6 Å². The number of hydrogen-bond donors (Lipinski definition) is 2. The van der Waals surface area contributed by atoms with Crippen LogP contribution >= 0.6 is 0 Å². The summed E-state index contributed by atoms with van der Waals surface area (Å²) in [5.74, 6) is -0.655. The fourth-order valence-corrected chi connectivity index (χ4v) is 5.55. The van der Waals surface area contributed by atoms with Crippen molar-refractivity contribution in [1.82, 2.24) is 14.8 Å². The topological polar surface area (TPSA) is 112 Å². The maximum atomic E-state index is 13.6. The number of carbonyl (C=O) groups is 1. The summed E-state index contributed by atoms with van der Waals surface area (Å²) in [6.45, 7) is 5.14. The number of halogens is 1. The van der Waals surface area contributed by atoms with Crippen molar-refractivity contribution in [1.29, 1.82) is 0 Å². The van der Waals surface area contributed by atoms with Crippen molar-refractivity contribution in [3.8, 4) is 5.75 Å². The standard InChI is InChI=1S/C28H33FN4O5S/c1-19-15-33(20(2)18-34)28(35)25-14-23(31-39(36,37)24-7-4-22(29)5-8-24)6-9-26(25)38-27(19)17-32(3)16-21-10-12-30-13-11-21/h4-14,19-20,27,31,34H,15-18H2,1-3H3/t19-,20-,27-/m1/s1. The number of anilines is 1. The average molecular weight is 557 g/mol. The molecule has 2 aromatic carbocycles. The number of aromatic nitrogens is 1. The summed E-state index contributed by atoms with van der Waals surface area (Å²) >= 11 is 0. The zero-order valence-electron chi connectivity index (χ0n) is 22.1. The zero-order valence-corrected chi connectivity index (χ0v) is 22.9. The van der Waals surface area contributed by atoms with Crippen LogP contribution in [0.1, 0.15) is 29.8 Å². The Hall–Kier alpha value is -3.54. The normalized spacial score (nSPS) is 18.6. The number of nitrogens with one attached hydrogen (secondary N) is 1. The number of likely N-dealkylation sites (N-methyl/N-ethyl adjacent to an activating group) is 1. The monoisotopic (exact) mass is 556 g/mol.